The summed E-state index contributed by atoms with van der Waals surface area (Å²) in [5.41, 5.74) is 1.73. The summed E-state index contributed by atoms with van der Waals surface area (Å²) < 4.78 is 27.7. The smallest absolute Gasteiger partial charge is 0.328 e. The molecule has 3 fully saturated rings. The number of nitrogens with one attached hydrogen (secondary N) is 2. The van der Waals surface area contributed by atoms with Crippen LogP contribution in [-0.2, 0) is 19.6 Å². The number of amides is 4. The summed E-state index contributed by atoms with van der Waals surface area (Å²) in [5.74, 6) is 1.36. The summed E-state index contributed by atoms with van der Waals surface area (Å²) >= 11 is 0. The number of piperidine rings is 1. The van der Waals surface area contributed by atoms with E-state index in [1.807, 2.05) is 0 Å². The number of aryl methyl sites for hydroxylation is 2. The molecule has 2 N–H and O–H groups in total. The second-order valence-corrected chi connectivity index (χ2v) is 12.9. The van der Waals surface area contributed by atoms with Crippen molar-refractivity contribution in [2.75, 3.05) is 24.5 Å². The zero-order chi connectivity index (χ0) is 27.2. The Balaban J connectivity index is 1.26. The average molecular weight is 542 g/mol. The molecule has 4 aliphatic rings. The van der Waals surface area contributed by atoms with Crippen molar-refractivity contribution < 1.29 is 22.8 Å². The molecule has 5 rings (SSSR count). The van der Waals surface area contributed by atoms with Crippen molar-refractivity contribution in [3.8, 4) is 0 Å². The number of amidine groups is 1. The fourth-order valence-electron chi connectivity index (χ4n) is 5.87. The van der Waals surface area contributed by atoms with Crippen LogP contribution in [0, 0.1) is 25.7 Å². The first-order valence-corrected chi connectivity index (χ1v) is 14.8. The quantitative estimate of drug-likeness (QED) is 0.554. The Morgan fingerprint density at radius 3 is 2.34 bits per heavy atom. The second-order valence-electron chi connectivity index (χ2n) is 11.1. The normalized spacial score (nSPS) is 26.2. The largest absolute Gasteiger partial charge is 0.329 e. The maximum atomic E-state index is 13.1. The molecule has 3 aliphatic heterocycles. The van der Waals surface area contributed by atoms with E-state index in [1.165, 1.54) is 9.71 Å². The van der Waals surface area contributed by atoms with E-state index in [9.17, 15) is 22.8 Å². The Morgan fingerprint density at radius 2 is 1.71 bits per heavy atom. The lowest BCUT2D eigenvalue weighted by atomic mass is 9.82. The molecule has 0 radical (unpaired) electrons. The van der Waals surface area contributed by atoms with Crippen LogP contribution < -0.4 is 15.5 Å². The molecule has 0 atom stereocenters. The number of hydrogen-bond donors (Lipinski definition) is 2. The molecule has 1 saturated carbocycles. The number of nitrogens with zero attached hydrogens (tertiary/aromatic N) is 3. The van der Waals surface area contributed by atoms with Gasteiger partial charge in [0.2, 0.25) is 10.0 Å². The van der Waals surface area contributed by atoms with E-state index in [1.54, 1.807) is 32.1 Å². The van der Waals surface area contributed by atoms with Crippen molar-refractivity contribution in [1.82, 2.24) is 14.9 Å². The van der Waals surface area contributed by atoms with Crippen LogP contribution in [-0.4, -0.2) is 61.6 Å². The lowest BCUT2D eigenvalue weighted by Gasteiger charge is -2.34. The third-order valence-electron chi connectivity index (χ3n) is 8.40. The highest BCUT2D eigenvalue weighted by molar-refractivity contribution is 7.92. The number of carbonyl (C=O) groups excluding carboxylic acids is 3. The summed E-state index contributed by atoms with van der Waals surface area (Å²) in [6.07, 6.45) is 6.59. The van der Waals surface area contributed by atoms with Gasteiger partial charge >= 0.3 is 6.03 Å². The molecule has 0 aromatic heterocycles. The van der Waals surface area contributed by atoms with Crippen molar-refractivity contribution in [3.63, 3.8) is 0 Å². The number of imide groups is 1. The van der Waals surface area contributed by atoms with Crippen LogP contribution in [0.25, 0.3) is 6.08 Å². The number of carbonyl (C=O) groups is 3. The molecule has 10 nitrogen and oxygen atoms in total. The summed E-state index contributed by atoms with van der Waals surface area (Å²) in [6, 6.07) is 3.02. The van der Waals surface area contributed by atoms with Crippen LogP contribution in [0.4, 0.5) is 10.5 Å². The van der Waals surface area contributed by atoms with E-state index in [-0.39, 0.29) is 37.4 Å². The fraction of sp³-hybridized carbons (Fsp3) is 0.556. The third kappa shape index (κ3) is 4.89. The lowest BCUT2D eigenvalue weighted by molar-refractivity contribution is -0.125. The molecule has 1 aliphatic carbocycles. The first-order chi connectivity index (χ1) is 18.0. The van der Waals surface area contributed by atoms with Crippen LogP contribution in [0.3, 0.4) is 0 Å². The van der Waals surface area contributed by atoms with E-state index in [0.29, 0.717) is 35.6 Å². The first-order valence-electron chi connectivity index (χ1n) is 13.3. The number of anilines is 1. The van der Waals surface area contributed by atoms with Crippen molar-refractivity contribution in [1.29, 1.82) is 0 Å². The Labute approximate surface area is 223 Å². The average Bonchev–Trinajstić information content (AvgIpc) is 3.38. The number of sulfonamides is 1. The molecule has 0 unspecified atom stereocenters. The Morgan fingerprint density at radius 1 is 1.03 bits per heavy atom. The first kappa shape index (κ1) is 26.6. The van der Waals surface area contributed by atoms with Gasteiger partial charge in [-0.25, -0.2) is 18.1 Å². The fourth-order valence-corrected chi connectivity index (χ4v) is 7.06. The monoisotopic (exact) mass is 541 g/mol. The van der Waals surface area contributed by atoms with Gasteiger partial charge in [0.05, 0.1) is 12.2 Å². The maximum Gasteiger partial charge on any atom is 0.329 e. The minimum absolute atomic E-state index is 0.0392. The highest BCUT2D eigenvalue weighted by Gasteiger charge is 2.48. The van der Waals surface area contributed by atoms with Gasteiger partial charge in [0, 0.05) is 24.4 Å². The van der Waals surface area contributed by atoms with Gasteiger partial charge in [-0.3, -0.25) is 14.6 Å². The number of aliphatic imine (C=N–C) groups is 1. The molecule has 2 saturated heterocycles. The molecule has 11 heteroatoms. The molecule has 0 bridgehead atoms. The molecule has 204 valence electrons. The number of benzene rings is 1. The number of urea groups is 1. The topological polar surface area (TPSA) is 128 Å². The van der Waals surface area contributed by atoms with Crippen molar-refractivity contribution >= 4 is 45.5 Å². The minimum Gasteiger partial charge on any atom is -0.328 e. The zero-order valence-corrected chi connectivity index (χ0v) is 22.9. The van der Waals surface area contributed by atoms with Crippen LogP contribution >= 0.6 is 0 Å². The van der Waals surface area contributed by atoms with Gasteiger partial charge in [-0.1, -0.05) is 19.8 Å². The molecule has 1 spiro atoms. The van der Waals surface area contributed by atoms with Gasteiger partial charge in [0.1, 0.15) is 11.4 Å². The second kappa shape index (κ2) is 9.92. The standard InChI is InChI=1S/C27H35N5O5S/c1-17-4-6-20(7-5-17)24-29-25(34)27(30-24)9-11-31(12-10-27)38(36,37)13-8-21-14-19(3)22(15-18(21)2)32-23(33)16-28-26(32)35/h8,13-15,17,20H,4-7,9-12,16H2,1-3H3,(H,28,35)(H,29,30,34)/b13-8+. The van der Waals surface area contributed by atoms with Crippen molar-refractivity contribution in [3.05, 3.63) is 34.2 Å². The summed E-state index contributed by atoms with van der Waals surface area (Å²) in [4.78, 5) is 43.0. The Kier molecular flexibility index (Phi) is 6.93. The van der Waals surface area contributed by atoms with E-state index < -0.39 is 21.6 Å². The Bertz CT molecular complexity index is 1320. The summed E-state index contributed by atoms with van der Waals surface area (Å²) in [6.45, 7) is 6.25. The van der Waals surface area contributed by atoms with Gasteiger partial charge in [0.25, 0.3) is 11.8 Å². The maximum absolute atomic E-state index is 13.1. The minimum atomic E-state index is -3.71. The molecular formula is C27H35N5O5S. The highest BCUT2D eigenvalue weighted by Crippen LogP contribution is 2.36. The molecule has 3 heterocycles. The number of rotatable bonds is 5. The van der Waals surface area contributed by atoms with Crippen LogP contribution in [0.2, 0.25) is 0 Å². The van der Waals surface area contributed by atoms with Crippen LogP contribution in [0.5, 0.6) is 0 Å². The molecule has 1 aromatic carbocycles. The van der Waals surface area contributed by atoms with E-state index in [2.05, 4.69) is 17.6 Å². The van der Waals surface area contributed by atoms with Crippen LogP contribution in [0.1, 0.15) is 62.1 Å². The Hall–Kier alpha value is -3.05. The van der Waals surface area contributed by atoms with Crippen molar-refractivity contribution in [2.45, 2.75) is 64.8 Å². The molecule has 4 amide bonds. The van der Waals surface area contributed by atoms with Gasteiger partial charge in [-0.05, 0) is 80.3 Å². The predicted molar refractivity (Wildman–Crippen MR) is 145 cm³/mol. The predicted octanol–water partition coefficient (Wildman–Crippen LogP) is 2.85. The van der Waals surface area contributed by atoms with E-state index in [4.69, 9.17) is 4.99 Å². The van der Waals surface area contributed by atoms with E-state index >= 15 is 0 Å². The van der Waals surface area contributed by atoms with Gasteiger partial charge < -0.3 is 10.6 Å². The summed E-state index contributed by atoms with van der Waals surface area (Å²) in [5, 5.41) is 6.72. The third-order valence-corrected chi connectivity index (χ3v) is 9.96. The highest BCUT2D eigenvalue weighted by atomic mass is 32.2. The van der Waals surface area contributed by atoms with Crippen LogP contribution in [0.15, 0.2) is 22.5 Å². The molecular weight excluding hydrogens is 506 g/mol. The van der Waals surface area contributed by atoms with Gasteiger partial charge in [-0.2, -0.15) is 4.31 Å². The zero-order valence-electron chi connectivity index (χ0n) is 22.1. The SMILES string of the molecule is Cc1cc(N2C(=O)CNC2=O)c(C)cc1/C=C/S(=O)(=O)N1CCC2(CC1)N=C(C1CCC(C)CC1)NC2=O. The van der Waals surface area contributed by atoms with Gasteiger partial charge in [0.15, 0.2) is 0 Å². The summed E-state index contributed by atoms with van der Waals surface area (Å²) in [7, 11) is -3.71. The van der Waals surface area contributed by atoms with E-state index in [0.717, 1.165) is 42.0 Å². The lowest BCUT2D eigenvalue weighted by Crippen LogP contribution is -2.50. The molecule has 1 aromatic rings. The number of hydrogen-bond acceptors (Lipinski definition) is 6. The van der Waals surface area contributed by atoms with Crippen molar-refractivity contribution in [2.24, 2.45) is 16.8 Å². The molecule has 38 heavy (non-hydrogen) atoms. The van der Waals surface area contributed by atoms with Gasteiger partial charge in [-0.15, -0.1) is 0 Å².